The van der Waals surface area contributed by atoms with Gasteiger partial charge in [0, 0.05) is 30.9 Å². The number of anilines is 1. The third-order valence-corrected chi connectivity index (χ3v) is 6.22. The van der Waals surface area contributed by atoms with E-state index in [1.54, 1.807) is 13.8 Å². The second-order valence-electron chi connectivity index (χ2n) is 5.49. The summed E-state index contributed by atoms with van der Waals surface area (Å²) in [6.45, 7) is 4.01. The van der Waals surface area contributed by atoms with Gasteiger partial charge >= 0.3 is 0 Å². The molecule has 8 nitrogen and oxygen atoms in total. The Morgan fingerprint density at radius 1 is 1.19 bits per heavy atom. The lowest BCUT2D eigenvalue weighted by Crippen LogP contribution is -2.30. The Kier molecular flexibility index (Phi) is 6.53. The van der Waals surface area contributed by atoms with E-state index in [0.29, 0.717) is 0 Å². The Balaban J connectivity index is 2.37. The molecular formula is C17H18ClN3O5S. The number of carbonyl (C=O) groups excluding carboxylic acids is 1. The van der Waals surface area contributed by atoms with Gasteiger partial charge in [0.2, 0.25) is 10.0 Å². The molecule has 2 aromatic rings. The van der Waals surface area contributed by atoms with Gasteiger partial charge in [0.25, 0.3) is 11.6 Å². The van der Waals surface area contributed by atoms with E-state index < -0.39 is 20.9 Å². The fraction of sp³-hybridized carbons (Fsp3) is 0.235. The Bertz CT molecular complexity index is 974. The minimum absolute atomic E-state index is 0.0450. The average molecular weight is 412 g/mol. The van der Waals surface area contributed by atoms with Gasteiger partial charge < -0.3 is 5.32 Å². The van der Waals surface area contributed by atoms with Crippen LogP contribution < -0.4 is 5.32 Å². The molecule has 2 rings (SSSR count). The standard InChI is InChI=1S/C17H18ClN3O5S/c1-3-20(4-2)27(25,26)14-8-9-16(18)15(11-14)17(22)19-12-6-5-7-13(10-12)21(23)24/h5-11H,3-4H2,1-2H3,(H,19,22). The van der Waals surface area contributed by atoms with E-state index in [4.69, 9.17) is 11.6 Å². The fourth-order valence-electron chi connectivity index (χ4n) is 2.45. The van der Waals surface area contributed by atoms with Gasteiger partial charge in [-0.15, -0.1) is 0 Å². The fourth-order valence-corrected chi connectivity index (χ4v) is 4.14. The summed E-state index contributed by atoms with van der Waals surface area (Å²) >= 11 is 6.06. The highest BCUT2D eigenvalue weighted by Gasteiger charge is 2.24. The second kappa shape index (κ2) is 8.47. The first-order valence-corrected chi connectivity index (χ1v) is 9.88. The third kappa shape index (κ3) is 4.62. The van der Waals surface area contributed by atoms with E-state index in [0.717, 1.165) is 0 Å². The third-order valence-electron chi connectivity index (χ3n) is 3.84. The van der Waals surface area contributed by atoms with Gasteiger partial charge in [-0.1, -0.05) is 31.5 Å². The zero-order valence-corrected chi connectivity index (χ0v) is 16.2. The van der Waals surface area contributed by atoms with E-state index >= 15 is 0 Å². The molecule has 0 aliphatic carbocycles. The number of amides is 1. The molecule has 2 aromatic carbocycles. The Hall–Kier alpha value is -2.49. The van der Waals surface area contributed by atoms with Crippen molar-refractivity contribution in [3.05, 3.63) is 63.2 Å². The Labute approximate surface area is 162 Å². The number of nitro groups is 1. The van der Waals surface area contributed by atoms with Crippen molar-refractivity contribution in [3.63, 3.8) is 0 Å². The first kappa shape index (κ1) is 20.8. The van der Waals surface area contributed by atoms with Crippen LogP contribution in [-0.4, -0.2) is 36.6 Å². The molecule has 0 heterocycles. The SMILES string of the molecule is CCN(CC)S(=O)(=O)c1ccc(Cl)c(C(=O)Nc2cccc([N+](=O)[O-])c2)c1. The molecule has 27 heavy (non-hydrogen) atoms. The molecule has 1 N–H and O–H groups in total. The molecular weight excluding hydrogens is 394 g/mol. The number of nitrogens with zero attached hydrogens (tertiary/aromatic N) is 2. The number of hydrogen-bond acceptors (Lipinski definition) is 5. The van der Waals surface area contributed by atoms with Crippen LogP contribution >= 0.6 is 11.6 Å². The van der Waals surface area contributed by atoms with Crippen molar-refractivity contribution in [3.8, 4) is 0 Å². The molecule has 144 valence electrons. The molecule has 0 aromatic heterocycles. The molecule has 0 aliphatic heterocycles. The molecule has 0 saturated carbocycles. The summed E-state index contributed by atoms with van der Waals surface area (Å²) in [4.78, 5) is 22.7. The lowest BCUT2D eigenvalue weighted by molar-refractivity contribution is -0.384. The predicted molar refractivity (Wildman–Crippen MR) is 103 cm³/mol. The molecule has 10 heteroatoms. The summed E-state index contributed by atoms with van der Waals surface area (Å²) in [6, 6.07) is 9.26. The lowest BCUT2D eigenvalue weighted by atomic mass is 10.2. The molecule has 0 spiro atoms. The highest BCUT2D eigenvalue weighted by molar-refractivity contribution is 7.89. The maximum absolute atomic E-state index is 12.6. The lowest BCUT2D eigenvalue weighted by Gasteiger charge is -2.19. The van der Waals surface area contributed by atoms with Crippen LogP contribution in [0.4, 0.5) is 11.4 Å². The van der Waals surface area contributed by atoms with Gasteiger partial charge in [0.1, 0.15) is 0 Å². The van der Waals surface area contributed by atoms with E-state index in [-0.39, 0.29) is 39.9 Å². The van der Waals surface area contributed by atoms with Gasteiger partial charge in [0.15, 0.2) is 0 Å². The van der Waals surface area contributed by atoms with Crippen LogP contribution in [0.5, 0.6) is 0 Å². The number of carbonyl (C=O) groups is 1. The average Bonchev–Trinajstić information content (AvgIpc) is 2.62. The summed E-state index contributed by atoms with van der Waals surface area (Å²) in [5.74, 6) is -0.669. The van der Waals surface area contributed by atoms with Crippen LogP contribution in [-0.2, 0) is 10.0 Å². The summed E-state index contributed by atoms with van der Waals surface area (Å²) in [6.07, 6.45) is 0. The van der Waals surface area contributed by atoms with Crippen molar-refractivity contribution in [2.75, 3.05) is 18.4 Å². The molecule has 0 saturated heterocycles. The maximum atomic E-state index is 12.6. The molecule has 1 amide bonds. The second-order valence-corrected chi connectivity index (χ2v) is 7.84. The zero-order valence-electron chi connectivity index (χ0n) is 14.7. The minimum atomic E-state index is -3.76. The number of non-ortho nitro benzene ring substituents is 1. The van der Waals surface area contributed by atoms with Crippen LogP contribution in [0.2, 0.25) is 5.02 Å². The molecule has 0 bridgehead atoms. The number of nitro benzene ring substituents is 1. The normalized spacial score (nSPS) is 11.4. The smallest absolute Gasteiger partial charge is 0.271 e. The zero-order chi connectivity index (χ0) is 20.2. The maximum Gasteiger partial charge on any atom is 0.271 e. The van der Waals surface area contributed by atoms with Crippen molar-refractivity contribution in [1.29, 1.82) is 0 Å². The topological polar surface area (TPSA) is 110 Å². The van der Waals surface area contributed by atoms with E-state index in [2.05, 4.69) is 5.32 Å². The quantitative estimate of drug-likeness (QED) is 0.553. The number of benzene rings is 2. The van der Waals surface area contributed by atoms with Crippen LogP contribution in [0.25, 0.3) is 0 Å². The van der Waals surface area contributed by atoms with E-state index in [1.807, 2.05) is 0 Å². The number of rotatable bonds is 7. The number of halogens is 1. The summed E-state index contributed by atoms with van der Waals surface area (Å²) in [5.41, 5.74) is -0.0320. The molecule has 0 atom stereocenters. The minimum Gasteiger partial charge on any atom is -0.322 e. The molecule has 0 aliphatic rings. The predicted octanol–water partition coefficient (Wildman–Crippen LogP) is 3.53. The monoisotopic (exact) mass is 411 g/mol. The van der Waals surface area contributed by atoms with E-state index in [1.165, 1.54) is 46.8 Å². The summed E-state index contributed by atoms with van der Waals surface area (Å²) < 4.78 is 26.5. The van der Waals surface area contributed by atoms with Gasteiger partial charge in [-0.25, -0.2) is 8.42 Å². The van der Waals surface area contributed by atoms with Crippen molar-refractivity contribution >= 4 is 38.9 Å². The number of hydrogen-bond donors (Lipinski definition) is 1. The first-order valence-electron chi connectivity index (χ1n) is 8.06. The van der Waals surface area contributed by atoms with Crippen molar-refractivity contribution in [2.45, 2.75) is 18.7 Å². The first-order chi connectivity index (χ1) is 12.7. The van der Waals surface area contributed by atoms with Crippen LogP contribution in [0, 0.1) is 10.1 Å². The molecule has 0 unspecified atom stereocenters. The highest BCUT2D eigenvalue weighted by atomic mass is 35.5. The Morgan fingerprint density at radius 3 is 2.44 bits per heavy atom. The van der Waals surface area contributed by atoms with Gasteiger partial charge in [-0.3, -0.25) is 14.9 Å². The van der Waals surface area contributed by atoms with E-state index in [9.17, 15) is 23.3 Å². The van der Waals surface area contributed by atoms with Crippen LogP contribution in [0.3, 0.4) is 0 Å². The van der Waals surface area contributed by atoms with Gasteiger partial charge in [0.05, 0.1) is 20.4 Å². The Morgan fingerprint density at radius 2 is 1.85 bits per heavy atom. The van der Waals surface area contributed by atoms with Gasteiger partial charge in [-0.05, 0) is 24.3 Å². The largest absolute Gasteiger partial charge is 0.322 e. The highest BCUT2D eigenvalue weighted by Crippen LogP contribution is 2.25. The molecule has 0 fully saturated rings. The number of nitrogens with one attached hydrogen (secondary N) is 1. The van der Waals surface area contributed by atoms with Crippen molar-refractivity contribution < 1.29 is 18.1 Å². The number of sulfonamides is 1. The van der Waals surface area contributed by atoms with Crippen molar-refractivity contribution in [2.24, 2.45) is 0 Å². The summed E-state index contributed by atoms with van der Waals surface area (Å²) in [5, 5.41) is 13.4. The van der Waals surface area contributed by atoms with Gasteiger partial charge in [-0.2, -0.15) is 4.31 Å². The van der Waals surface area contributed by atoms with Crippen molar-refractivity contribution in [1.82, 2.24) is 4.31 Å². The van der Waals surface area contributed by atoms with Crippen LogP contribution in [0.15, 0.2) is 47.4 Å². The molecule has 0 radical (unpaired) electrons. The van der Waals surface area contributed by atoms with Crippen LogP contribution in [0.1, 0.15) is 24.2 Å². The summed E-state index contributed by atoms with van der Waals surface area (Å²) in [7, 11) is -3.76.